The number of benzene rings is 1. The second-order valence-electron chi connectivity index (χ2n) is 6.92. The van der Waals surface area contributed by atoms with E-state index in [1.165, 1.54) is 11.1 Å². The number of carbonyl (C=O) groups is 1. The molecular formula is C19H23N3O. The van der Waals surface area contributed by atoms with E-state index in [0.29, 0.717) is 17.9 Å². The van der Waals surface area contributed by atoms with Gasteiger partial charge in [0.05, 0.1) is 12.6 Å². The molecule has 0 spiro atoms. The lowest BCUT2D eigenvalue weighted by Crippen LogP contribution is -2.39. The average molecular weight is 309 g/mol. The fourth-order valence-electron chi connectivity index (χ4n) is 3.89. The third kappa shape index (κ3) is 2.90. The molecule has 1 saturated carbocycles. The van der Waals surface area contributed by atoms with Crippen LogP contribution in [0.2, 0.25) is 0 Å². The fraction of sp³-hybridized carbons (Fsp3) is 0.474. The molecule has 0 bridgehead atoms. The average Bonchev–Trinajstić information content (AvgIpc) is 2.94. The number of rotatable bonds is 4. The zero-order valence-corrected chi connectivity index (χ0v) is 13.6. The predicted octanol–water partition coefficient (Wildman–Crippen LogP) is 2.99. The second-order valence-corrected chi connectivity index (χ2v) is 6.92. The van der Waals surface area contributed by atoms with Crippen LogP contribution >= 0.6 is 0 Å². The predicted molar refractivity (Wildman–Crippen MR) is 89.0 cm³/mol. The third-order valence-electron chi connectivity index (χ3n) is 5.20. The Bertz CT molecular complexity index is 694. The fourth-order valence-corrected chi connectivity index (χ4v) is 3.89. The van der Waals surface area contributed by atoms with Gasteiger partial charge in [0.15, 0.2) is 0 Å². The summed E-state index contributed by atoms with van der Waals surface area (Å²) in [5, 5.41) is 4.28. The Morgan fingerprint density at radius 1 is 1.35 bits per heavy atom. The van der Waals surface area contributed by atoms with Gasteiger partial charge in [-0.1, -0.05) is 29.8 Å². The van der Waals surface area contributed by atoms with E-state index < -0.39 is 0 Å². The second kappa shape index (κ2) is 5.84. The van der Waals surface area contributed by atoms with Crippen LogP contribution in [0.4, 0.5) is 0 Å². The molecule has 0 unspecified atom stereocenters. The molecule has 4 rings (SSSR count). The Hall–Kier alpha value is -2.10. The zero-order chi connectivity index (χ0) is 15.8. The van der Waals surface area contributed by atoms with E-state index in [4.69, 9.17) is 0 Å². The van der Waals surface area contributed by atoms with Crippen molar-refractivity contribution in [2.45, 2.75) is 44.7 Å². The maximum absolute atomic E-state index is 12.9. The van der Waals surface area contributed by atoms with E-state index in [-0.39, 0.29) is 5.92 Å². The Morgan fingerprint density at radius 3 is 3.04 bits per heavy atom. The Morgan fingerprint density at radius 2 is 2.26 bits per heavy atom. The molecule has 1 aliphatic heterocycles. The molecule has 2 fully saturated rings. The van der Waals surface area contributed by atoms with Crippen molar-refractivity contribution >= 4 is 5.91 Å². The monoisotopic (exact) mass is 309 g/mol. The summed E-state index contributed by atoms with van der Waals surface area (Å²) in [5.41, 5.74) is 2.60. The van der Waals surface area contributed by atoms with Gasteiger partial charge in [0.2, 0.25) is 5.91 Å². The quantitative estimate of drug-likeness (QED) is 0.871. The normalized spacial score (nSPS) is 26.5. The maximum atomic E-state index is 12.9. The number of amides is 1. The van der Waals surface area contributed by atoms with Gasteiger partial charge in [0.25, 0.3) is 0 Å². The topological polar surface area (TPSA) is 38.1 Å². The van der Waals surface area contributed by atoms with Crippen molar-refractivity contribution in [3.63, 3.8) is 0 Å². The van der Waals surface area contributed by atoms with Gasteiger partial charge in [-0.2, -0.15) is 5.10 Å². The standard InChI is InChI=1S/C19H23N3O/c1-14-5-2-6-15(11-14)17-12-18(17)19(23)22-10-3-7-16(22)13-21-9-4-8-20-21/h2,4-6,8-9,11,16-18H,3,7,10,12-13H2,1H3/t16-,17+,18-/m1/s1. The molecule has 2 heterocycles. The van der Waals surface area contributed by atoms with Crippen molar-refractivity contribution in [2.24, 2.45) is 5.92 Å². The van der Waals surface area contributed by atoms with Crippen molar-refractivity contribution in [3.05, 3.63) is 53.9 Å². The molecule has 2 aromatic rings. The lowest BCUT2D eigenvalue weighted by molar-refractivity contribution is -0.133. The van der Waals surface area contributed by atoms with Crippen LogP contribution in [0.15, 0.2) is 42.7 Å². The van der Waals surface area contributed by atoms with Crippen LogP contribution in [-0.4, -0.2) is 33.2 Å². The molecule has 1 aliphatic carbocycles. The minimum absolute atomic E-state index is 0.190. The van der Waals surface area contributed by atoms with Crippen LogP contribution in [-0.2, 0) is 11.3 Å². The van der Waals surface area contributed by atoms with Crippen molar-refractivity contribution in [2.75, 3.05) is 6.54 Å². The van der Waals surface area contributed by atoms with E-state index in [1.54, 1.807) is 6.20 Å². The highest BCUT2D eigenvalue weighted by Crippen LogP contribution is 2.49. The summed E-state index contributed by atoms with van der Waals surface area (Å²) in [6, 6.07) is 10.8. The summed E-state index contributed by atoms with van der Waals surface area (Å²) in [4.78, 5) is 15.0. The molecule has 4 nitrogen and oxygen atoms in total. The molecule has 1 aromatic heterocycles. The van der Waals surface area contributed by atoms with Crippen LogP contribution < -0.4 is 0 Å². The molecule has 0 radical (unpaired) electrons. The first-order chi connectivity index (χ1) is 11.2. The van der Waals surface area contributed by atoms with Gasteiger partial charge in [-0.3, -0.25) is 9.48 Å². The molecule has 1 saturated heterocycles. The highest BCUT2D eigenvalue weighted by Gasteiger charge is 2.47. The molecular weight excluding hydrogens is 286 g/mol. The minimum atomic E-state index is 0.190. The Balaban J connectivity index is 1.43. The summed E-state index contributed by atoms with van der Waals surface area (Å²) in [5.74, 6) is 0.967. The van der Waals surface area contributed by atoms with Gasteiger partial charge < -0.3 is 4.90 Å². The number of aromatic nitrogens is 2. The number of hydrogen-bond donors (Lipinski definition) is 0. The Kier molecular flexibility index (Phi) is 3.68. The van der Waals surface area contributed by atoms with E-state index in [1.807, 2.05) is 16.9 Å². The SMILES string of the molecule is Cc1cccc([C@@H]2C[C@H]2C(=O)N2CCC[C@@H]2Cn2cccn2)c1. The summed E-state index contributed by atoms with van der Waals surface area (Å²) in [6.07, 6.45) is 6.99. The lowest BCUT2D eigenvalue weighted by atomic mass is 10.1. The number of likely N-dealkylation sites (tertiary alicyclic amines) is 1. The summed E-state index contributed by atoms with van der Waals surface area (Å²) in [7, 11) is 0. The minimum Gasteiger partial charge on any atom is -0.338 e. The highest BCUT2D eigenvalue weighted by molar-refractivity contribution is 5.83. The largest absolute Gasteiger partial charge is 0.338 e. The molecule has 4 heteroatoms. The van der Waals surface area contributed by atoms with Gasteiger partial charge in [-0.05, 0) is 43.7 Å². The first-order valence-electron chi connectivity index (χ1n) is 8.57. The van der Waals surface area contributed by atoms with E-state index in [0.717, 1.165) is 32.4 Å². The number of aryl methyl sites for hydroxylation is 1. The van der Waals surface area contributed by atoms with Gasteiger partial charge in [-0.15, -0.1) is 0 Å². The number of nitrogens with zero attached hydrogens (tertiary/aromatic N) is 3. The highest BCUT2D eigenvalue weighted by atomic mass is 16.2. The van der Waals surface area contributed by atoms with Crippen molar-refractivity contribution < 1.29 is 4.79 Å². The molecule has 1 aromatic carbocycles. The van der Waals surface area contributed by atoms with Gasteiger partial charge in [0, 0.05) is 24.9 Å². The lowest BCUT2D eigenvalue weighted by Gasteiger charge is -2.25. The molecule has 0 N–H and O–H groups in total. The first-order valence-corrected chi connectivity index (χ1v) is 8.57. The Labute approximate surface area is 137 Å². The number of carbonyl (C=O) groups excluding carboxylic acids is 1. The molecule has 120 valence electrons. The molecule has 3 atom stereocenters. The maximum Gasteiger partial charge on any atom is 0.226 e. The smallest absolute Gasteiger partial charge is 0.226 e. The van der Waals surface area contributed by atoms with Crippen LogP contribution in [0.5, 0.6) is 0 Å². The summed E-state index contributed by atoms with van der Waals surface area (Å²) in [6.45, 7) is 3.84. The van der Waals surface area contributed by atoms with Gasteiger partial charge in [-0.25, -0.2) is 0 Å². The van der Waals surface area contributed by atoms with Crippen LogP contribution in [0.25, 0.3) is 0 Å². The van der Waals surface area contributed by atoms with Crippen LogP contribution in [0.3, 0.4) is 0 Å². The van der Waals surface area contributed by atoms with Crippen molar-refractivity contribution in [3.8, 4) is 0 Å². The van der Waals surface area contributed by atoms with Crippen molar-refractivity contribution in [1.29, 1.82) is 0 Å². The molecule has 23 heavy (non-hydrogen) atoms. The molecule has 1 amide bonds. The summed E-state index contributed by atoms with van der Waals surface area (Å²) < 4.78 is 1.95. The van der Waals surface area contributed by atoms with E-state index in [9.17, 15) is 4.79 Å². The number of hydrogen-bond acceptors (Lipinski definition) is 2. The van der Waals surface area contributed by atoms with Crippen LogP contribution in [0.1, 0.15) is 36.3 Å². The zero-order valence-electron chi connectivity index (χ0n) is 13.6. The summed E-state index contributed by atoms with van der Waals surface area (Å²) >= 11 is 0. The van der Waals surface area contributed by atoms with Gasteiger partial charge >= 0.3 is 0 Å². The van der Waals surface area contributed by atoms with E-state index >= 15 is 0 Å². The van der Waals surface area contributed by atoms with Crippen LogP contribution in [0, 0.1) is 12.8 Å². The first kappa shape index (κ1) is 14.5. The molecule has 2 aliphatic rings. The van der Waals surface area contributed by atoms with E-state index in [2.05, 4.69) is 41.2 Å². The van der Waals surface area contributed by atoms with Crippen molar-refractivity contribution in [1.82, 2.24) is 14.7 Å². The van der Waals surface area contributed by atoms with Gasteiger partial charge in [0.1, 0.15) is 0 Å². The third-order valence-corrected chi connectivity index (χ3v) is 5.20.